The van der Waals surface area contributed by atoms with E-state index in [1.165, 1.54) is 11.8 Å². The Bertz CT molecular complexity index is 700. The normalized spacial score (nSPS) is 15.5. The van der Waals surface area contributed by atoms with Crippen LogP contribution in [0, 0.1) is 0 Å². The van der Waals surface area contributed by atoms with Gasteiger partial charge in [0.05, 0.1) is 18.6 Å². The number of unbranched alkanes of at least 4 members (excludes halogenated alkanes) is 2. The van der Waals surface area contributed by atoms with Gasteiger partial charge in [-0.15, -0.1) is 0 Å². The number of carbonyl (C=O) groups excluding carboxylic acids is 2. The van der Waals surface area contributed by atoms with Gasteiger partial charge in [-0.1, -0.05) is 55.9 Å². The molecule has 0 aliphatic carbocycles. The topological polar surface area (TPSA) is 55.8 Å². The van der Waals surface area contributed by atoms with E-state index in [-0.39, 0.29) is 11.9 Å². The van der Waals surface area contributed by atoms with Crippen molar-refractivity contribution < 1.29 is 19.1 Å². The van der Waals surface area contributed by atoms with Crippen LogP contribution in [0.25, 0.3) is 6.08 Å². The van der Waals surface area contributed by atoms with Crippen LogP contribution in [0.2, 0.25) is 0 Å². The molecule has 2 rings (SSSR count). The van der Waals surface area contributed by atoms with Gasteiger partial charge in [0.25, 0.3) is 5.91 Å². The Balaban J connectivity index is 1.82. The lowest BCUT2D eigenvalue weighted by atomic mass is 10.2. The second-order valence-electron chi connectivity index (χ2n) is 6.14. The van der Waals surface area contributed by atoms with E-state index >= 15 is 0 Å². The number of thiocarbonyl (C=S) groups is 1. The van der Waals surface area contributed by atoms with E-state index in [2.05, 4.69) is 6.92 Å². The molecule has 0 aromatic heterocycles. The van der Waals surface area contributed by atoms with Crippen molar-refractivity contribution >= 4 is 46.3 Å². The Hall–Kier alpha value is -1.86. The predicted molar refractivity (Wildman–Crippen MR) is 113 cm³/mol. The zero-order valence-corrected chi connectivity index (χ0v) is 17.4. The quantitative estimate of drug-likeness (QED) is 0.248. The Morgan fingerprint density at radius 1 is 1.22 bits per heavy atom. The first-order chi connectivity index (χ1) is 13.0. The lowest BCUT2D eigenvalue weighted by Gasteiger charge is -2.13. The smallest absolute Gasteiger partial charge is 0.305 e. The first kappa shape index (κ1) is 21.4. The van der Waals surface area contributed by atoms with E-state index < -0.39 is 0 Å². The Kier molecular flexibility index (Phi) is 8.81. The molecule has 7 heteroatoms. The summed E-state index contributed by atoms with van der Waals surface area (Å²) in [5.74, 6) is 0.434. The molecule has 0 spiro atoms. The number of hydrogen-bond acceptors (Lipinski definition) is 6. The minimum Gasteiger partial charge on any atom is -0.497 e. The molecule has 1 fully saturated rings. The Morgan fingerprint density at radius 2 is 1.96 bits per heavy atom. The third-order valence-corrected chi connectivity index (χ3v) is 5.44. The monoisotopic (exact) mass is 407 g/mol. The van der Waals surface area contributed by atoms with Crippen LogP contribution in [0.3, 0.4) is 0 Å². The molecule has 0 unspecified atom stereocenters. The van der Waals surface area contributed by atoms with E-state index in [1.54, 1.807) is 12.0 Å². The summed E-state index contributed by atoms with van der Waals surface area (Å²) in [6.07, 6.45) is 5.70. The summed E-state index contributed by atoms with van der Waals surface area (Å²) in [5, 5.41) is 0. The molecule has 1 aromatic carbocycles. The van der Waals surface area contributed by atoms with Crippen molar-refractivity contribution in [1.29, 1.82) is 0 Å². The third kappa shape index (κ3) is 6.66. The number of methoxy groups -OCH3 is 1. The molecule has 146 valence electrons. The summed E-state index contributed by atoms with van der Waals surface area (Å²) in [6.45, 7) is 3.00. The van der Waals surface area contributed by atoms with Crippen LogP contribution < -0.4 is 4.74 Å². The fourth-order valence-electron chi connectivity index (χ4n) is 2.54. The first-order valence-corrected chi connectivity index (χ1v) is 10.3. The zero-order chi connectivity index (χ0) is 19.6. The van der Waals surface area contributed by atoms with Gasteiger partial charge >= 0.3 is 5.97 Å². The van der Waals surface area contributed by atoms with E-state index in [1.807, 2.05) is 30.3 Å². The Labute approximate surface area is 170 Å². The van der Waals surface area contributed by atoms with Crippen molar-refractivity contribution in [2.75, 3.05) is 20.3 Å². The van der Waals surface area contributed by atoms with Gasteiger partial charge in [0, 0.05) is 13.0 Å². The summed E-state index contributed by atoms with van der Waals surface area (Å²) in [4.78, 5) is 26.4. The molecule has 0 radical (unpaired) electrons. The summed E-state index contributed by atoms with van der Waals surface area (Å²) in [6, 6.07) is 7.47. The number of hydrogen-bond donors (Lipinski definition) is 0. The third-order valence-electron chi connectivity index (χ3n) is 4.06. The van der Waals surface area contributed by atoms with Gasteiger partial charge in [-0.3, -0.25) is 14.5 Å². The van der Waals surface area contributed by atoms with Crippen molar-refractivity contribution in [3.05, 3.63) is 34.7 Å². The second kappa shape index (κ2) is 11.1. The second-order valence-corrected chi connectivity index (χ2v) is 7.81. The average Bonchev–Trinajstić information content (AvgIpc) is 2.93. The highest BCUT2D eigenvalue weighted by molar-refractivity contribution is 8.26. The number of thioether (sulfide) groups is 1. The van der Waals surface area contributed by atoms with Crippen LogP contribution in [0.4, 0.5) is 0 Å². The summed E-state index contributed by atoms with van der Waals surface area (Å²) >= 11 is 6.61. The SMILES string of the molecule is CCCCCOC(=O)CCCN1C(=O)/C(=C\c2ccc(OC)cc2)SC1=S. The summed E-state index contributed by atoms with van der Waals surface area (Å²) < 4.78 is 10.8. The van der Waals surface area contributed by atoms with Crippen molar-refractivity contribution in [2.45, 2.75) is 39.0 Å². The first-order valence-electron chi connectivity index (χ1n) is 9.10. The molecule has 1 aromatic rings. The largest absolute Gasteiger partial charge is 0.497 e. The zero-order valence-electron chi connectivity index (χ0n) is 15.7. The maximum atomic E-state index is 12.6. The number of benzene rings is 1. The highest BCUT2D eigenvalue weighted by Crippen LogP contribution is 2.32. The summed E-state index contributed by atoms with van der Waals surface area (Å²) in [7, 11) is 1.61. The standard InChI is InChI=1S/C20H25NO4S2/c1-3-4-5-13-25-18(22)7-6-12-21-19(23)17(27-20(21)26)14-15-8-10-16(24-2)11-9-15/h8-11,14H,3-7,12-13H2,1-2H3/b17-14+. The van der Waals surface area contributed by atoms with Crippen LogP contribution >= 0.6 is 24.0 Å². The van der Waals surface area contributed by atoms with Crippen molar-refractivity contribution in [2.24, 2.45) is 0 Å². The molecule has 1 aliphatic heterocycles. The van der Waals surface area contributed by atoms with Crippen molar-refractivity contribution in [3.8, 4) is 5.75 Å². The molecule has 1 amide bonds. The van der Waals surface area contributed by atoms with Crippen LogP contribution in [-0.2, 0) is 14.3 Å². The van der Waals surface area contributed by atoms with Gasteiger partial charge in [0.2, 0.25) is 0 Å². The molecular weight excluding hydrogens is 382 g/mol. The minimum atomic E-state index is -0.217. The maximum Gasteiger partial charge on any atom is 0.305 e. The lowest BCUT2D eigenvalue weighted by molar-refractivity contribution is -0.144. The number of ether oxygens (including phenoxy) is 2. The van der Waals surface area contributed by atoms with Crippen LogP contribution in [-0.4, -0.2) is 41.4 Å². The highest BCUT2D eigenvalue weighted by Gasteiger charge is 2.31. The molecule has 1 saturated heterocycles. The van der Waals surface area contributed by atoms with Gasteiger partial charge in [0.15, 0.2) is 0 Å². The molecule has 1 heterocycles. The molecule has 27 heavy (non-hydrogen) atoms. The number of carbonyl (C=O) groups is 2. The number of rotatable bonds is 10. The van der Waals surface area contributed by atoms with Crippen molar-refractivity contribution in [3.63, 3.8) is 0 Å². The van der Waals surface area contributed by atoms with Crippen LogP contribution in [0.15, 0.2) is 29.2 Å². The van der Waals surface area contributed by atoms with Gasteiger partial charge in [-0.2, -0.15) is 0 Å². The molecule has 0 bridgehead atoms. The molecule has 0 atom stereocenters. The van der Waals surface area contributed by atoms with E-state index in [4.69, 9.17) is 21.7 Å². The Morgan fingerprint density at radius 3 is 2.63 bits per heavy atom. The fraction of sp³-hybridized carbons (Fsp3) is 0.450. The number of amides is 1. The van der Waals surface area contributed by atoms with Gasteiger partial charge in [0.1, 0.15) is 10.1 Å². The molecule has 0 saturated carbocycles. The molecule has 0 N–H and O–H groups in total. The van der Waals surface area contributed by atoms with Gasteiger partial charge in [-0.25, -0.2) is 0 Å². The fourth-order valence-corrected chi connectivity index (χ4v) is 3.84. The van der Waals surface area contributed by atoms with Crippen molar-refractivity contribution in [1.82, 2.24) is 4.90 Å². The van der Waals surface area contributed by atoms with E-state index in [0.717, 1.165) is 30.6 Å². The minimum absolute atomic E-state index is 0.114. The molecule has 5 nitrogen and oxygen atoms in total. The molecular formula is C20H25NO4S2. The highest BCUT2D eigenvalue weighted by atomic mass is 32.2. The van der Waals surface area contributed by atoms with Gasteiger partial charge < -0.3 is 9.47 Å². The van der Waals surface area contributed by atoms with Gasteiger partial charge in [-0.05, 0) is 36.6 Å². The lowest BCUT2D eigenvalue weighted by Crippen LogP contribution is -2.29. The number of nitrogens with zero attached hydrogens (tertiary/aromatic N) is 1. The maximum absolute atomic E-state index is 12.6. The van der Waals surface area contributed by atoms with Crippen LogP contribution in [0.1, 0.15) is 44.6 Å². The molecule has 1 aliphatic rings. The average molecular weight is 408 g/mol. The summed E-state index contributed by atoms with van der Waals surface area (Å²) in [5.41, 5.74) is 0.909. The van der Waals surface area contributed by atoms with Crippen LogP contribution in [0.5, 0.6) is 5.75 Å². The van der Waals surface area contributed by atoms with E-state index in [9.17, 15) is 9.59 Å². The predicted octanol–water partition coefficient (Wildman–Crippen LogP) is 4.41. The number of esters is 1. The van der Waals surface area contributed by atoms with E-state index in [0.29, 0.717) is 35.2 Å².